The predicted molar refractivity (Wildman–Crippen MR) is 75.9 cm³/mol. The highest BCUT2D eigenvalue weighted by Crippen LogP contribution is 2.36. The lowest BCUT2D eigenvalue weighted by molar-refractivity contribution is -0.137. The lowest BCUT2D eigenvalue weighted by Gasteiger charge is -2.13. The van der Waals surface area contributed by atoms with E-state index in [2.05, 4.69) is 0 Å². The van der Waals surface area contributed by atoms with Crippen LogP contribution < -0.4 is 0 Å². The van der Waals surface area contributed by atoms with E-state index < -0.39 is 11.7 Å². The normalized spacial score (nSPS) is 11.4. The van der Waals surface area contributed by atoms with Crippen molar-refractivity contribution in [2.75, 3.05) is 0 Å². The maximum Gasteiger partial charge on any atom is 0.417 e. The Labute approximate surface area is 121 Å². The SMILES string of the molecule is CC(=O)CCc1ccc(-c2ccccc2C(F)(F)F)cc1. The van der Waals surface area contributed by atoms with Gasteiger partial charge in [-0.3, -0.25) is 0 Å². The number of halogens is 3. The Kier molecular flexibility index (Phi) is 4.46. The first-order valence-corrected chi connectivity index (χ1v) is 6.63. The Morgan fingerprint density at radius 2 is 1.62 bits per heavy atom. The number of ketones is 1. The molecule has 0 saturated heterocycles. The van der Waals surface area contributed by atoms with Crippen LogP contribution >= 0.6 is 0 Å². The van der Waals surface area contributed by atoms with Crippen molar-refractivity contribution >= 4 is 5.78 Å². The zero-order chi connectivity index (χ0) is 15.5. The van der Waals surface area contributed by atoms with E-state index in [1.807, 2.05) is 0 Å². The van der Waals surface area contributed by atoms with Gasteiger partial charge in [0.25, 0.3) is 0 Å². The second-order valence-corrected chi connectivity index (χ2v) is 4.94. The van der Waals surface area contributed by atoms with E-state index in [9.17, 15) is 18.0 Å². The predicted octanol–water partition coefficient (Wildman–Crippen LogP) is 4.89. The Morgan fingerprint density at radius 1 is 1.00 bits per heavy atom. The van der Waals surface area contributed by atoms with E-state index in [0.717, 1.165) is 11.6 Å². The number of Topliss-reactive ketones (excluding diaryl/α,β-unsaturated/α-hetero) is 1. The van der Waals surface area contributed by atoms with Crippen LogP contribution in [0.4, 0.5) is 13.2 Å². The van der Waals surface area contributed by atoms with Crippen LogP contribution in [-0.2, 0) is 17.4 Å². The van der Waals surface area contributed by atoms with Crippen LogP contribution in [0.5, 0.6) is 0 Å². The molecule has 0 aromatic heterocycles. The van der Waals surface area contributed by atoms with Crippen LogP contribution in [0.1, 0.15) is 24.5 Å². The molecule has 2 aromatic rings. The molecule has 0 atom stereocenters. The van der Waals surface area contributed by atoms with Crippen molar-refractivity contribution in [3.63, 3.8) is 0 Å². The molecule has 0 fully saturated rings. The molecular weight excluding hydrogens is 277 g/mol. The summed E-state index contributed by atoms with van der Waals surface area (Å²) in [5.74, 6) is 0.0986. The zero-order valence-corrected chi connectivity index (χ0v) is 11.6. The fourth-order valence-corrected chi connectivity index (χ4v) is 2.15. The second kappa shape index (κ2) is 6.12. The third kappa shape index (κ3) is 3.94. The summed E-state index contributed by atoms with van der Waals surface area (Å²) in [6.45, 7) is 1.52. The quantitative estimate of drug-likeness (QED) is 0.783. The first kappa shape index (κ1) is 15.3. The molecule has 0 heterocycles. The molecule has 0 saturated carbocycles. The number of aryl methyl sites for hydroxylation is 1. The van der Waals surface area contributed by atoms with Crippen LogP contribution in [0.2, 0.25) is 0 Å². The van der Waals surface area contributed by atoms with Gasteiger partial charge in [0.1, 0.15) is 5.78 Å². The number of benzene rings is 2. The van der Waals surface area contributed by atoms with Crippen molar-refractivity contribution < 1.29 is 18.0 Å². The van der Waals surface area contributed by atoms with Gasteiger partial charge < -0.3 is 4.79 Å². The molecule has 4 heteroatoms. The van der Waals surface area contributed by atoms with Crippen LogP contribution in [0.3, 0.4) is 0 Å². The summed E-state index contributed by atoms with van der Waals surface area (Å²) in [4.78, 5) is 10.9. The minimum absolute atomic E-state index is 0.0986. The van der Waals surface area contributed by atoms with Gasteiger partial charge in [0.05, 0.1) is 5.56 Å². The standard InChI is InChI=1S/C17H15F3O/c1-12(21)6-7-13-8-10-14(11-9-13)15-4-2-3-5-16(15)17(18,19)20/h2-5,8-11H,6-7H2,1H3. The van der Waals surface area contributed by atoms with Crippen molar-refractivity contribution in [1.82, 2.24) is 0 Å². The molecular formula is C17H15F3O. The van der Waals surface area contributed by atoms with Gasteiger partial charge in [-0.15, -0.1) is 0 Å². The maximum atomic E-state index is 13.0. The molecule has 2 rings (SSSR count). The zero-order valence-electron chi connectivity index (χ0n) is 11.6. The minimum Gasteiger partial charge on any atom is -0.300 e. The molecule has 110 valence electrons. The topological polar surface area (TPSA) is 17.1 Å². The Morgan fingerprint density at radius 3 is 2.19 bits per heavy atom. The van der Waals surface area contributed by atoms with Crippen molar-refractivity contribution in [3.8, 4) is 11.1 Å². The van der Waals surface area contributed by atoms with Crippen LogP contribution in [-0.4, -0.2) is 5.78 Å². The first-order chi connectivity index (χ1) is 9.88. The van der Waals surface area contributed by atoms with Crippen molar-refractivity contribution in [2.45, 2.75) is 25.9 Å². The van der Waals surface area contributed by atoms with Gasteiger partial charge in [0.15, 0.2) is 0 Å². The summed E-state index contributed by atoms with van der Waals surface area (Å²) in [6.07, 6.45) is -3.32. The van der Waals surface area contributed by atoms with Crippen molar-refractivity contribution in [1.29, 1.82) is 0 Å². The number of carbonyl (C=O) groups excluding carboxylic acids is 1. The summed E-state index contributed by atoms with van der Waals surface area (Å²) in [7, 11) is 0. The highest BCUT2D eigenvalue weighted by molar-refractivity contribution is 5.75. The lowest BCUT2D eigenvalue weighted by Crippen LogP contribution is -2.06. The van der Waals surface area contributed by atoms with E-state index >= 15 is 0 Å². The van der Waals surface area contributed by atoms with Gasteiger partial charge in [-0.25, -0.2) is 0 Å². The van der Waals surface area contributed by atoms with E-state index in [-0.39, 0.29) is 11.3 Å². The highest BCUT2D eigenvalue weighted by atomic mass is 19.4. The van der Waals surface area contributed by atoms with Gasteiger partial charge in [0, 0.05) is 6.42 Å². The van der Waals surface area contributed by atoms with Gasteiger partial charge in [-0.2, -0.15) is 13.2 Å². The molecule has 0 aliphatic carbocycles. The van der Waals surface area contributed by atoms with Gasteiger partial charge in [-0.1, -0.05) is 42.5 Å². The van der Waals surface area contributed by atoms with Crippen LogP contribution in [0.25, 0.3) is 11.1 Å². The van der Waals surface area contributed by atoms with E-state index in [1.54, 1.807) is 30.3 Å². The molecule has 0 spiro atoms. The van der Waals surface area contributed by atoms with E-state index in [0.29, 0.717) is 18.4 Å². The maximum absolute atomic E-state index is 13.0. The average molecular weight is 292 g/mol. The molecule has 0 aliphatic rings. The number of carbonyl (C=O) groups is 1. The second-order valence-electron chi connectivity index (χ2n) is 4.94. The summed E-state index contributed by atoms with van der Waals surface area (Å²) in [6, 6.07) is 12.4. The monoisotopic (exact) mass is 292 g/mol. The summed E-state index contributed by atoms with van der Waals surface area (Å²) >= 11 is 0. The number of hydrogen-bond acceptors (Lipinski definition) is 1. The van der Waals surface area contributed by atoms with Gasteiger partial charge in [-0.05, 0) is 36.1 Å². The molecule has 21 heavy (non-hydrogen) atoms. The summed E-state index contributed by atoms with van der Waals surface area (Å²) in [5, 5.41) is 0. The molecule has 0 N–H and O–H groups in total. The molecule has 0 aliphatic heterocycles. The Hall–Kier alpha value is -2.10. The van der Waals surface area contributed by atoms with Gasteiger partial charge >= 0.3 is 6.18 Å². The average Bonchev–Trinajstić information content (AvgIpc) is 2.45. The molecule has 0 bridgehead atoms. The fraction of sp³-hybridized carbons (Fsp3) is 0.235. The largest absolute Gasteiger partial charge is 0.417 e. The van der Waals surface area contributed by atoms with Crippen LogP contribution in [0, 0.1) is 0 Å². The molecule has 0 unspecified atom stereocenters. The molecule has 0 amide bonds. The first-order valence-electron chi connectivity index (χ1n) is 6.63. The number of alkyl halides is 3. The van der Waals surface area contributed by atoms with Crippen molar-refractivity contribution in [3.05, 3.63) is 59.7 Å². The smallest absolute Gasteiger partial charge is 0.300 e. The van der Waals surface area contributed by atoms with Crippen LogP contribution in [0.15, 0.2) is 48.5 Å². The Bertz CT molecular complexity index is 627. The number of hydrogen-bond donors (Lipinski definition) is 0. The minimum atomic E-state index is -4.37. The van der Waals surface area contributed by atoms with E-state index in [1.165, 1.54) is 19.1 Å². The molecule has 1 nitrogen and oxygen atoms in total. The summed E-state index contributed by atoms with van der Waals surface area (Å²) in [5.41, 5.74) is 0.998. The van der Waals surface area contributed by atoms with Gasteiger partial charge in [0.2, 0.25) is 0 Å². The third-order valence-electron chi connectivity index (χ3n) is 3.26. The third-order valence-corrected chi connectivity index (χ3v) is 3.26. The fourth-order valence-electron chi connectivity index (χ4n) is 2.15. The Balaban J connectivity index is 2.29. The van der Waals surface area contributed by atoms with E-state index in [4.69, 9.17) is 0 Å². The molecule has 2 aromatic carbocycles. The number of rotatable bonds is 4. The lowest BCUT2D eigenvalue weighted by atomic mass is 9.97. The van der Waals surface area contributed by atoms with Crippen molar-refractivity contribution in [2.24, 2.45) is 0 Å². The molecule has 0 radical (unpaired) electrons. The highest BCUT2D eigenvalue weighted by Gasteiger charge is 2.33. The summed E-state index contributed by atoms with van der Waals surface area (Å²) < 4.78 is 39.0.